The van der Waals surface area contributed by atoms with Gasteiger partial charge in [-0.3, -0.25) is 0 Å². The second-order valence-corrected chi connectivity index (χ2v) is 6.96. The van der Waals surface area contributed by atoms with Crippen molar-refractivity contribution in [1.29, 1.82) is 0 Å². The molecular formula is C21H25BrO3. The van der Waals surface area contributed by atoms with Crippen LogP contribution in [-0.2, 0) is 0 Å². The van der Waals surface area contributed by atoms with E-state index in [4.69, 9.17) is 9.47 Å². The zero-order valence-corrected chi connectivity index (χ0v) is 16.5. The van der Waals surface area contributed by atoms with E-state index in [2.05, 4.69) is 22.9 Å². The Morgan fingerprint density at radius 3 is 2.40 bits per heavy atom. The van der Waals surface area contributed by atoms with Crippen LogP contribution in [0.4, 0.5) is 0 Å². The summed E-state index contributed by atoms with van der Waals surface area (Å²) in [5.41, 5.74) is 1.60. The first-order chi connectivity index (χ1) is 12.1. The van der Waals surface area contributed by atoms with Gasteiger partial charge in [-0.2, -0.15) is 0 Å². The Morgan fingerprint density at radius 2 is 1.72 bits per heavy atom. The third-order valence-corrected chi connectivity index (χ3v) is 4.52. The summed E-state index contributed by atoms with van der Waals surface area (Å²) in [6.07, 6.45) is 6.06. The van der Waals surface area contributed by atoms with Gasteiger partial charge in [-0.05, 0) is 71.2 Å². The Morgan fingerprint density at radius 1 is 1.00 bits per heavy atom. The SMILES string of the molecule is CCCCCCCOc1ccc(C(=O)Oc2ccc(C)cc2Br)cc1. The average Bonchev–Trinajstić information content (AvgIpc) is 2.61. The van der Waals surface area contributed by atoms with Crippen LogP contribution in [0.15, 0.2) is 46.9 Å². The standard InChI is InChI=1S/C21H25BrO3/c1-3-4-5-6-7-14-24-18-11-9-17(10-12-18)21(23)25-20-13-8-16(2)15-19(20)22/h8-13,15H,3-7,14H2,1-2H3. The summed E-state index contributed by atoms with van der Waals surface area (Å²) in [7, 11) is 0. The van der Waals surface area contributed by atoms with Crippen LogP contribution < -0.4 is 9.47 Å². The minimum Gasteiger partial charge on any atom is -0.494 e. The molecule has 0 aromatic heterocycles. The third-order valence-electron chi connectivity index (χ3n) is 3.90. The summed E-state index contributed by atoms with van der Waals surface area (Å²) in [5.74, 6) is 0.919. The second kappa shape index (κ2) is 10.2. The van der Waals surface area contributed by atoms with Crippen LogP contribution in [0.25, 0.3) is 0 Å². The lowest BCUT2D eigenvalue weighted by Gasteiger charge is -2.09. The minimum absolute atomic E-state index is 0.379. The molecule has 3 nitrogen and oxygen atoms in total. The Bertz CT molecular complexity index is 680. The number of halogens is 1. The summed E-state index contributed by atoms with van der Waals surface area (Å²) in [6, 6.07) is 12.7. The number of unbranched alkanes of at least 4 members (excludes halogenated alkanes) is 4. The fourth-order valence-corrected chi connectivity index (χ4v) is 3.00. The molecule has 0 aliphatic heterocycles. The predicted octanol–water partition coefficient (Wildman–Crippen LogP) is 6.33. The van der Waals surface area contributed by atoms with Gasteiger partial charge in [-0.15, -0.1) is 0 Å². The van der Waals surface area contributed by atoms with E-state index in [-0.39, 0.29) is 5.97 Å². The molecule has 2 rings (SSSR count). The van der Waals surface area contributed by atoms with E-state index in [9.17, 15) is 4.79 Å². The van der Waals surface area contributed by atoms with E-state index in [0.29, 0.717) is 17.9 Å². The lowest BCUT2D eigenvalue weighted by molar-refractivity contribution is 0.0733. The van der Waals surface area contributed by atoms with Gasteiger partial charge in [0.25, 0.3) is 0 Å². The quantitative estimate of drug-likeness (QED) is 0.278. The monoisotopic (exact) mass is 404 g/mol. The fourth-order valence-electron chi connectivity index (χ4n) is 2.43. The zero-order valence-electron chi connectivity index (χ0n) is 14.9. The summed E-state index contributed by atoms with van der Waals surface area (Å²) >= 11 is 3.41. The van der Waals surface area contributed by atoms with E-state index in [0.717, 1.165) is 22.2 Å². The summed E-state index contributed by atoms with van der Waals surface area (Å²) in [5, 5.41) is 0. The summed E-state index contributed by atoms with van der Waals surface area (Å²) in [6.45, 7) is 4.91. The number of rotatable bonds is 9. The maximum atomic E-state index is 12.2. The highest BCUT2D eigenvalue weighted by Crippen LogP contribution is 2.26. The number of esters is 1. The van der Waals surface area contributed by atoms with Crippen molar-refractivity contribution < 1.29 is 14.3 Å². The van der Waals surface area contributed by atoms with Gasteiger partial charge in [-0.25, -0.2) is 4.79 Å². The molecule has 4 heteroatoms. The molecule has 0 aliphatic rings. The molecule has 0 saturated carbocycles. The van der Waals surface area contributed by atoms with Gasteiger partial charge in [-0.1, -0.05) is 38.7 Å². The van der Waals surface area contributed by atoms with Crippen molar-refractivity contribution in [1.82, 2.24) is 0 Å². The summed E-state index contributed by atoms with van der Waals surface area (Å²) in [4.78, 5) is 12.2. The van der Waals surface area contributed by atoms with Crippen molar-refractivity contribution in [2.45, 2.75) is 46.0 Å². The molecule has 0 aliphatic carbocycles. The number of hydrogen-bond acceptors (Lipinski definition) is 3. The highest BCUT2D eigenvalue weighted by atomic mass is 79.9. The molecule has 0 bridgehead atoms. The number of benzene rings is 2. The molecular weight excluding hydrogens is 380 g/mol. The minimum atomic E-state index is -0.379. The maximum absolute atomic E-state index is 12.2. The van der Waals surface area contributed by atoms with Crippen LogP contribution in [0.2, 0.25) is 0 Å². The Hall–Kier alpha value is -1.81. The van der Waals surface area contributed by atoms with Crippen molar-refractivity contribution >= 4 is 21.9 Å². The number of aryl methyl sites for hydroxylation is 1. The van der Waals surface area contributed by atoms with Crippen LogP contribution in [-0.4, -0.2) is 12.6 Å². The molecule has 0 spiro atoms. The van der Waals surface area contributed by atoms with Gasteiger partial charge < -0.3 is 9.47 Å². The first kappa shape index (κ1) is 19.5. The largest absolute Gasteiger partial charge is 0.494 e. The molecule has 0 fully saturated rings. The number of hydrogen-bond donors (Lipinski definition) is 0. The van der Waals surface area contributed by atoms with Gasteiger partial charge in [0.15, 0.2) is 0 Å². The van der Waals surface area contributed by atoms with Crippen molar-refractivity contribution in [3.63, 3.8) is 0 Å². The van der Waals surface area contributed by atoms with E-state index in [1.807, 2.05) is 31.2 Å². The molecule has 0 N–H and O–H groups in total. The van der Waals surface area contributed by atoms with Gasteiger partial charge in [0.2, 0.25) is 0 Å². The smallest absolute Gasteiger partial charge is 0.343 e. The Labute approximate surface area is 158 Å². The molecule has 134 valence electrons. The Balaban J connectivity index is 1.83. The number of carbonyl (C=O) groups excluding carboxylic acids is 1. The van der Waals surface area contributed by atoms with Gasteiger partial charge >= 0.3 is 5.97 Å². The van der Waals surface area contributed by atoms with Crippen molar-refractivity contribution in [3.8, 4) is 11.5 Å². The molecule has 0 saturated heterocycles. The van der Waals surface area contributed by atoms with E-state index in [1.54, 1.807) is 18.2 Å². The highest BCUT2D eigenvalue weighted by Gasteiger charge is 2.11. The first-order valence-electron chi connectivity index (χ1n) is 8.81. The van der Waals surface area contributed by atoms with Crippen LogP contribution in [0.3, 0.4) is 0 Å². The molecule has 0 radical (unpaired) electrons. The molecule has 25 heavy (non-hydrogen) atoms. The predicted molar refractivity (Wildman–Crippen MR) is 105 cm³/mol. The topological polar surface area (TPSA) is 35.5 Å². The van der Waals surface area contributed by atoms with Gasteiger partial charge in [0, 0.05) is 0 Å². The van der Waals surface area contributed by atoms with E-state index >= 15 is 0 Å². The lowest BCUT2D eigenvalue weighted by Crippen LogP contribution is -2.09. The van der Waals surface area contributed by atoms with Crippen molar-refractivity contribution in [2.75, 3.05) is 6.61 Å². The average molecular weight is 405 g/mol. The number of carbonyl (C=O) groups is 1. The van der Waals surface area contributed by atoms with Gasteiger partial charge in [0.05, 0.1) is 16.6 Å². The molecule has 0 heterocycles. The third kappa shape index (κ3) is 6.54. The lowest BCUT2D eigenvalue weighted by atomic mass is 10.2. The van der Waals surface area contributed by atoms with E-state index in [1.165, 1.54) is 25.7 Å². The molecule has 0 unspecified atom stereocenters. The Kier molecular flexibility index (Phi) is 7.99. The molecule has 2 aromatic rings. The van der Waals surface area contributed by atoms with Crippen molar-refractivity contribution in [3.05, 3.63) is 58.1 Å². The van der Waals surface area contributed by atoms with Crippen LogP contribution >= 0.6 is 15.9 Å². The summed E-state index contributed by atoms with van der Waals surface area (Å²) < 4.78 is 11.9. The highest BCUT2D eigenvalue weighted by molar-refractivity contribution is 9.10. The van der Waals surface area contributed by atoms with Gasteiger partial charge in [0.1, 0.15) is 11.5 Å². The second-order valence-electron chi connectivity index (χ2n) is 6.11. The maximum Gasteiger partial charge on any atom is 0.343 e. The molecule has 0 amide bonds. The van der Waals surface area contributed by atoms with Crippen LogP contribution in [0.5, 0.6) is 11.5 Å². The molecule has 0 atom stereocenters. The van der Waals surface area contributed by atoms with E-state index < -0.39 is 0 Å². The fraction of sp³-hybridized carbons (Fsp3) is 0.381. The van der Waals surface area contributed by atoms with Crippen LogP contribution in [0, 0.1) is 6.92 Å². The van der Waals surface area contributed by atoms with Crippen LogP contribution in [0.1, 0.15) is 54.9 Å². The normalized spacial score (nSPS) is 10.5. The molecule has 2 aromatic carbocycles. The zero-order chi connectivity index (χ0) is 18.1. The van der Waals surface area contributed by atoms with Crippen molar-refractivity contribution in [2.24, 2.45) is 0 Å². The first-order valence-corrected chi connectivity index (χ1v) is 9.60. The number of ether oxygens (including phenoxy) is 2.